The molecule has 8 heteroatoms. The summed E-state index contributed by atoms with van der Waals surface area (Å²) in [6.45, 7) is 3.41. The minimum Gasteiger partial charge on any atom is -0.392 e. The van der Waals surface area contributed by atoms with Crippen molar-refractivity contribution in [2.24, 2.45) is 0 Å². The topological polar surface area (TPSA) is 92.5 Å². The van der Waals surface area contributed by atoms with Crippen LogP contribution < -0.4 is 5.32 Å². The van der Waals surface area contributed by atoms with Gasteiger partial charge in [-0.1, -0.05) is 6.07 Å². The number of imidazole rings is 1. The molecular formula is C22H33N5O3. The second-order valence-corrected chi connectivity index (χ2v) is 7.99. The molecule has 3 rings (SSSR count). The number of methoxy groups -OCH3 is 1. The maximum Gasteiger partial charge on any atom is 0.220 e. The molecule has 0 spiro atoms. The number of nitrogens with zero attached hydrogens (tertiary/aromatic N) is 4. The lowest BCUT2D eigenvalue weighted by molar-refractivity contribution is -0.122. The van der Waals surface area contributed by atoms with E-state index in [1.807, 2.05) is 18.5 Å². The number of unbranched alkanes of at least 4 members (excludes halogenated alkanes) is 1. The molecule has 3 heterocycles. The summed E-state index contributed by atoms with van der Waals surface area (Å²) in [6.07, 6.45) is 10.7. The Morgan fingerprint density at radius 3 is 3.00 bits per heavy atom. The highest BCUT2D eigenvalue weighted by Crippen LogP contribution is 2.15. The highest BCUT2D eigenvalue weighted by atomic mass is 16.5. The van der Waals surface area contributed by atoms with Crippen LogP contribution in [0.15, 0.2) is 37.1 Å². The van der Waals surface area contributed by atoms with Crippen molar-refractivity contribution >= 4 is 5.91 Å². The normalized spacial score (nSPS) is 19.7. The van der Waals surface area contributed by atoms with E-state index in [1.165, 1.54) is 5.56 Å². The number of carbonyl (C=O) groups is 1. The Morgan fingerprint density at radius 2 is 2.20 bits per heavy atom. The summed E-state index contributed by atoms with van der Waals surface area (Å²) < 4.78 is 7.22. The molecule has 2 atom stereocenters. The molecule has 1 fully saturated rings. The number of aliphatic hydroxyl groups is 1. The quantitative estimate of drug-likeness (QED) is 0.539. The average Bonchev–Trinajstić information content (AvgIpc) is 3.17. The number of ether oxygens (including phenoxy) is 1. The molecule has 2 aromatic heterocycles. The molecule has 8 nitrogen and oxygen atoms in total. The monoisotopic (exact) mass is 415 g/mol. The van der Waals surface area contributed by atoms with Gasteiger partial charge in [-0.05, 0) is 37.3 Å². The van der Waals surface area contributed by atoms with E-state index in [0.29, 0.717) is 32.5 Å². The van der Waals surface area contributed by atoms with Crippen LogP contribution in [0.5, 0.6) is 0 Å². The van der Waals surface area contributed by atoms with Crippen LogP contribution in [0.3, 0.4) is 0 Å². The summed E-state index contributed by atoms with van der Waals surface area (Å²) in [7, 11) is 1.68. The predicted molar refractivity (Wildman–Crippen MR) is 114 cm³/mol. The second-order valence-electron chi connectivity index (χ2n) is 7.99. The number of carbonyl (C=O) groups excluding carboxylic acids is 1. The molecule has 0 radical (unpaired) electrons. The molecule has 0 aromatic carbocycles. The Balaban J connectivity index is 1.41. The largest absolute Gasteiger partial charge is 0.392 e. The van der Waals surface area contributed by atoms with E-state index in [4.69, 9.17) is 4.74 Å². The Hall–Kier alpha value is -2.29. The first-order valence-electron chi connectivity index (χ1n) is 10.7. The number of aliphatic hydroxyl groups excluding tert-OH is 1. The fourth-order valence-corrected chi connectivity index (χ4v) is 3.96. The van der Waals surface area contributed by atoms with E-state index in [0.717, 1.165) is 38.0 Å². The van der Waals surface area contributed by atoms with E-state index in [-0.39, 0.29) is 11.9 Å². The van der Waals surface area contributed by atoms with Crippen molar-refractivity contribution in [1.29, 1.82) is 0 Å². The van der Waals surface area contributed by atoms with Gasteiger partial charge < -0.3 is 19.7 Å². The molecule has 1 aliphatic heterocycles. The van der Waals surface area contributed by atoms with E-state index < -0.39 is 6.10 Å². The summed E-state index contributed by atoms with van der Waals surface area (Å²) >= 11 is 0. The van der Waals surface area contributed by atoms with E-state index in [2.05, 4.69) is 30.8 Å². The van der Waals surface area contributed by atoms with Crippen LogP contribution in [0.4, 0.5) is 0 Å². The van der Waals surface area contributed by atoms with E-state index in [1.54, 1.807) is 19.6 Å². The van der Waals surface area contributed by atoms with Crippen molar-refractivity contribution in [3.05, 3.63) is 48.3 Å². The van der Waals surface area contributed by atoms with Gasteiger partial charge in [-0.2, -0.15) is 0 Å². The van der Waals surface area contributed by atoms with Gasteiger partial charge in [0.05, 0.1) is 24.7 Å². The molecule has 0 saturated carbocycles. The number of pyridine rings is 1. The van der Waals surface area contributed by atoms with Crippen molar-refractivity contribution in [3.63, 3.8) is 0 Å². The second kappa shape index (κ2) is 11.8. The molecule has 1 saturated heterocycles. The Kier molecular flexibility index (Phi) is 8.80. The zero-order chi connectivity index (χ0) is 21.2. The van der Waals surface area contributed by atoms with Crippen molar-refractivity contribution in [2.75, 3.05) is 26.8 Å². The van der Waals surface area contributed by atoms with E-state index in [9.17, 15) is 9.90 Å². The number of nitrogens with one attached hydrogen (secondary N) is 1. The maximum absolute atomic E-state index is 12.4. The zero-order valence-corrected chi connectivity index (χ0v) is 17.7. The first-order chi connectivity index (χ1) is 14.6. The molecular weight excluding hydrogens is 382 g/mol. The fraction of sp³-hybridized carbons (Fsp3) is 0.591. The molecule has 1 aliphatic rings. The first kappa shape index (κ1) is 22.4. The van der Waals surface area contributed by atoms with Crippen LogP contribution >= 0.6 is 0 Å². The fourth-order valence-electron chi connectivity index (χ4n) is 3.96. The number of likely N-dealkylation sites (tertiary alicyclic amines) is 1. The number of β-amino-alcohol motifs (C(OH)–C–C–N with tert-alkyl or cyclic N) is 1. The molecule has 1 amide bonds. The summed E-state index contributed by atoms with van der Waals surface area (Å²) in [5.74, 6) is 0.0605. The zero-order valence-electron chi connectivity index (χ0n) is 17.7. The molecule has 0 bridgehead atoms. The van der Waals surface area contributed by atoms with Gasteiger partial charge >= 0.3 is 0 Å². The third kappa shape index (κ3) is 7.19. The van der Waals surface area contributed by atoms with Gasteiger partial charge in [0.25, 0.3) is 0 Å². The average molecular weight is 416 g/mol. The minimum absolute atomic E-state index is 0.0325. The van der Waals surface area contributed by atoms with Crippen LogP contribution in [0.1, 0.15) is 36.9 Å². The molecule has 164 valence electrons. The number of hydrogen-bond donors (Lipinski definition) is 2. The van der Waals surface area contributed by atoms with Gasteiger partial charge in [-0.25, -0.2) is 4.98 Å². The SMILES string of the molecule is COCCn1cncc1CN1C[C@H](O)C[C@H](NC(=O)CCCCc2cccnc2)C1. The van der Waals surface area contributed by atoms with Gasteiger partial charge in [0.15, 0.2) is 0 Å². The van der Waals surface area contributed by atoms with Crippen molar-refractivity contribution < 1.29 is 14.6 Å². The number of aryl methyl sites for hydroxylation is 1. The smallest absolute Gasteiger partial charge is 0.220 e. The Labute approximate surface area is 178 Å². The summed E-state index contributed by atoms with van der Waals surface area (Å²) in [5.41, 5.74) is 2.29. The van der Waals surface area contributed by atoms with Crippen molar-refractivity contribution in [2.45, 2.75) is 57.3 Å². The van der Waals surface area contributed by atoms with Gasteiger partial charge in [-0.15, -0.1) is 0 Å². The van der Waals surface area contributed by atoms with Crippen molar-refractivity contribution in [1.82, 2.24) is 24.8 Å². The van der Waals surface area contributed by atoms with Crippen LogP contribution in [0.25, 0.3) is 0 Å². The van der Waals surface area contributed by atoms with Crippen LogP contribution in [0, 0.1) is 0 Å². The number of rotatable bonds is 11. The lowest BCUT2D eigenvalue weighted by atomic mass is 10.0. The third-order valence-corrected chi connectivity index (χ3v) is 5.43. The van der Waals surface area contributed by atoms with Gasteiger partial charge in [0.2, 0.25) is 5.91 Å². The highest BCUT2D eigenvalue weighted by molar-refractivity contribution is 5.76. The number of aromatic nitrogens is 3. The molecule has 0 unspecified atom stereocenters. The first-order valence-corrected chi connectivity index (χ1v) is 10.7. The van der Waals surface area contributed by atoms with Crippen LogP contribution in [0.2, 0.25) is 0 Å². The van der Waals surface area contributed by atoms with Crippen molar-refractivity contribution in [3.8, 4) is 0 Å². The van der Waals surface area contributed by atoms with Gasteiger partial charge in [0, 0.05) is 64.3 Å². The lowest BCUT2D eigenvalue weighted by Crippen LogP contribution is -2.52. The third-order valence-electron chi connectivity index (χ3n) is 5.43. The predicted octanol–water partition coefficient (Wildman–Crippen LogP) is 1.39. The summed E-state index contributed by atoms with van der Waals surface area (Å²) in [5, 5.41) is 13.4. The number of hydrogen-bond acceptors (Lipinski definition) is 6. The van der Waals surface area contributed by atoms with Gasteiger partial charge in [0.1, 0.15) is 0 Å². The van der Waals surface area contributed by atoms with Gasteiger partial charge in [-0.3, -0.25) is 14.7 Å². The minimum atomic E-state index is -0.440. The highest BCUT2D eigenvalue weighted by Gasteiger charge is 2.27. The Bertz CT molecular complexity index is 767. The van der Waals surface area contributed by atoms with Crippen LogP contribution in [-0.2, 0) is 29.0 Å². The molecule has 30 heavy (non-hydrogen) atoms. The number of amides is 1. The molecule has 2 N–H and O–H groups in total. The lowest BCUT2D eigenvalue weighted by Gasteiger charge is -2.36. The Morgan fingerprint density at radius 1 is 1.30 bits per heavy atom. The van der Waals surface area contributed by atoms with Crippen LogP contribution in [-0.4, -0.2) is 69.4 Å². The standard InChI is InChI=1S/C22H33N5O3/c1-30-10-9-27-17-24-13-20(27)15-26-14-19(11-21(28)16-26)25-22(29)7-3-2-5-18-6-4-8-23-12-18/h4,6,8,12-13,17,19,21,28H,2-3,5,7,9-11,14-16H2,1H3,(H,25,29)/t19-,21+/m0/s1. The number of piperidine rings is 1. The van der Waals surface area contributed by atoms with E-state index >= 15 is 0 Å². The molecule has 2 aromatic rings. The summed E-state index contributed by atoms with van der Waals surface area (Å²) in [6, 6.07) is 3.97. The molecule has 0 aliphatic carbocycles. The maximum atomic E-state index is 12.4. The summed E-state index contributed by atoms with van der Waals surface area (Å²) in [4.78, 5) is 22.9.